The number of rotatable bonds is 8. The second kappa shape index (κ2) is 10.4. The zero-order valence-corrected chi connectivity index (χ0v) is 22.4. The molecule has 2 aromatic carbocycles. The zero-order chi connectivity index (χ0) is 26.3. The Morgan fingerprint density at radius 2 is 1.85 bits per heavy atom. The molecule has 1 saturated carbocycles. The van der Waals surface area contributed by atoms with E-state index in [1.807, 2.05) is 24.5 Å². The lowest BCUT2D eigenvalue weighted by Crippen LogP contribution is -2.33. The van der Waals surface area contributed by atoms with E-state index in [0.717, 1.165) is 67.2 Å². The van der Waals surface area contributed by atoms with E-state index in [1.165, 1.54) is 42.4 Å². The first-order valence-corrected chi connectivity index (χ1v) is 14.6. The molecule has 2 saturated heterocycles. The lowest BCUT2D eigenvalue weighted by atomic mass is 9.82. The molecule has 3 fully saturated rings. The lowest BCUT2D eigenvalue weighted by Gasteiger charge is -2.25. The Hall–Kier alpha value is -3.29. The van der Waals surface area contributed by atoms with Gasteiger partial charge in [0.1, 0.15) is 11.6 Å². The number of hydrogen-bond donors (Lipinski definition) is 4. The number of hydrogen-bond acceptors (Lipinski definition) is 5. The van der Waals surface area contributed by atoms with Gasteiger partial charge in [-0.25, -0.2) is 9.37 Å². The van der Waals surface area contributed by atoms with E-state index < -0.39 is 0 Å². The number of H-pyrrole nitrogens is 1. The van der Waals surface area contributed by atoms with Crippen molar-refractivity contribution < 1.29 is 4.39 Å². The number of aromatic nitrogens is 2. The predicted octanol–water partition coefficient (Wildman–Crippen LogP) is 6.01. The minimum absolute atomic E-state index is 0.186. The third kappa shape index (κ3) is 4.51. The Morgan fingerprint density at radius 3 is 2.62 bits per heavy atom. The number of nitrogens with zero attached hydrogens (tertiary/aromatic N) is 2. The number of halogens is 1. The molecule has 7 heteroatoms. The third-order valence-corrected chi connectivity index (χ3v) is 9.30. The van der Waals surface area contributed by atoms with Crippen molar-refractivity contribution in [1.82, 2.24) is 25.9 Å². The van der Waals surface area contributed by atoms with Crippen LogP contribution in [0.4, 0.5) is 4.39 Å². The fourth-order valence-corrected chi connectivity index (χ4v) is 7.44. The first-order chi connectivity index (χ1) is 19.2. The summed E-state index contributed by atoms with van der Waals surface area (Å²) in [5.74, 6) is 1.76. The molecule has 3 aromatic rings. The molecule has 4 N–H and O–H groups in total. The average Bonchev–Trinajstić information content (AvgIpc) is 3.79. The normalized spacial score (nSPS) is 25.8. The summed E-state index contributed by atoms with van der Waals surface area (Å²) in [6.45, 7) is 6.71. The van der Waals surface area contributed by atoms with Crippen LogP contribution in [-0.4, -0.2) is 42.4 Å². The predicted molar refractivity (Wildman–Crippen MR) is 155 cm³/mol. The van der Waals surface area contributed by atoms with Gasteiger partial charge < -0.3 is 20.9 Å². The van der Waals surface area contributed by atoms with Crippen LogP contribution in [0.3, 0.4) is 0 Å². The summed E-state index contributed by atoms with van der Waals surface area (Å²) in [5, 5.41) is 10.7. The highest BCUT2D eigenvalue weighted by molar-refractivity contribution is 5.80. The number of imidazole rings is 1. The Balaban J connectivity index is 1.22. The molecule has 7 rings (SSSR count). The standard InChI is InChI=1S/C32H37FN6/c1-34-17-29(37-16-22-4-2-12-35-22)25-11-10-24(30-20-6-7-21(14-20)31(25)30)23-9-8-19(15-26(23)33)28-18-38-32(39-28)27-5-3-13-36-27/h8-11,15,17-18,20-22,27,35-37H,1-7,12-14,16H2,(H,38,39)/b29-17-/t20?,21?,22?,27-/m0/s1. The van der Waals surface area contributed by atoms with Gasteiger partial charge in [-0.15, -0.1) is 0 Å². The highest BCUT2D eigenvalue weighted by atomic mass is 19.1. The average molecular weight is 525 g/mol. The highest BCUT2D eigenvalue weighted by Gasteiger charge is 2.41. The maximum Gasteiger partial charge on any atom is 0.131 e. The van der Waals surface area contributed by atoms with Gasteiger partial charge in [-0.05, 0) is 99.3 Å². The molecule has 2 bridgehead atoms. The molecular weight excluding hydrogens is 487 g/mol. The van der Waals surface area contributed by atoms with Gasteiger partial charge in [0.25, 0.3) is 0 Å². The van der Waals surface area contributed by atoms with Gasteiger partial charge in [-0.1, -0.05) is 24.3 Å². The Morgan fingerprint density at radius 1 is 1.03 bits per heavy atom. The van der Waals surface area contributed by atoms with E-state index in [2.05, 4.69) is 49.8 Å². The van der Waals surface area contributed by atoms with E-state index in [-0.39, 0.29) is 11.9 Å². The summed E-state index contributed by atoms with van der Waals surface area (Å²) >= 11 is 0. The van der Waals surface area contributed by atoms with Crippen LogP contribution in [0.15, 0.2) is 47.7 Å². The van der Waals surface area contributed by atoms with Crippen LogP contribution in [0.5, 0.6) is 0 Å². The maximum atomic E-state index is 15.8. The van der Waals surface area contributed by atoms with Gasteiger partial charge in [0.15, 0.2) is 0 Å². The molecule has 4 aliphatic rings. The minimum atomic E-state index is -0.186. The van der Waals surface area contributed by atoms with Gasteiger partial charge in [-0.3, -0.25) is 4.99 Å². The Labute approximate surface area is 229 Å². The van der Waals surface area contributed by atoms with E-state index in [1.54, 1.807) is 6.07 Å². The van der Waals surface area contributed by atoms with Crippen LogP contribution in [-0.2, 0) is 0 Å². The zero-order valence-electron chi connectivity index (χ0n) is 22.4. The molecule has 1 aromatic heterocycles. The Bertz CT molecular complexity index is 1410. The minimum Gasteiger partial charge on any atom is -0.382 e. The fourth-order valence-electron chi connectivity index (χ4n) is 7.44. The topological polar surface area (TPSA) is 77.1 Å². The number of benzene rings is 2. The van der Waals surface area contributed by atoms with Crippen LogP contribution >= 0.6 is 0 Å². The van der Waals surface area contributed by atoms with Gasteiger partial charge in [-0.2, -0.15) is 0 Å². The maximum absolute atomic E-state index is 15.8. The van der Waals surface area contributed by atoms with Crippen LogP contribution in [0, 0.1) is 5.82 Å². The van der Waals surface area contributed by atoms with Gasteiger partial charge in [0.2, 0.25) is 0 Å². The summed E-state index contributed by atoms with van der Waals surface area (Å²) in [6.07, 6.45) is 11.9. The SMILES string of the molecule is C=N/C=C(\NCC1CCCN1)c1ccc(-c2ccc(-c3cnc([C@@H]4CCCN4)[nH]3)cc2F)c2c1C1CCC2C1. The monoisotopic (exact) mass is 524 g/mol. The largest absolute Gasteiger partial charge is 0.382 e. The summed E-state index contributed by atoms with van der Waals surface area (Å²) in [7, 11) is 0. The van der Waals surface area contributed by atoms with Crippen molar-refractivity contribution in [2.45, 2.75) is 68.9 Å². The summed E-state index contributed by atoms with van der Waals surface area (Å²) in [4.78, 5) is 12.1. The quantitative estimate of drug-likeness (QED) is 0.272. The van der Waals surface area contributed by atoms with Gasteiger partial charge >= 0.3 is 0 Å². The number of aromatic amines is 1. The second-order valence-corrected chi connectivity index (χ2v) is 11.6. The third-order valence-electron chi connectivity index (χ3n) is 9.30. The lowest BCUT2D eigenvalue weighted by molar-refractivity contribution is 0.584. The van der Waals surface area contributed by atoms with Crippen molar-refractivity contribution in [3.8, 4) is 22.4 Å². The molecule has 2 aliphatic heterocycles. The van der Waals surface area contributed by atoms with E-state index >= 15 is 4.39 Å². The van der Waals surface area contributed by atoms with Crippen molar-refractivity contribution in [1.29, 1.82) is 0 Å². The van der Waals surface area contributed by atoms with E-state index in [4.69, 9.17) is 0 Å². The number of aliphatic imine (C=N–C) groups is 1. The molecule has 3 heterocycles. The molecule has 6 nitrogen and oxygen atoms in total. The Kier molecular flexibility index (Phi) is 6.57. The van der Waals surface area contributed by atoms with Crippen molar-refractivity contribution in [2.24, 2.45) is 4.99 Å². The fraction of sp³-hybridized carbons (Fsp3) is 0.438. The molecular formula is C32H37FN6. The number of nitrogens with one attached hydrogen (secondary N) is 4. The molecule has 0 radical (unpaired) electrons. The van der Waals surface area contributed by atoms with E-state index in [0.29, 0.717) is 23.4 Å². The summed E-state index contributed by atoms with van der Waals surface area (Å²) in [5.41, 5.74) is 8.35. The van der Waals surface area contributed by atoms with Crippen molar-refractivity contribution in [3.05, 3.63) is 71.1 Å². The van der Waals surface area contributed by atoms with Gasteiger partial charge in [0, 0.05) is 35.5 Å². The first-order valence-electron chi connectivity index (χ1n) is 14.6. The molecule has 2 aliphatic carbocycles. The van der Waals surface area contributed by atoms with Gasteiger partial charge in [0.05, 0.1) is 23.6 Å². The molecule has 0 spiro atoms. The van der Waals surface area contributed by atoms with Crippen molar-refractivity contribution >= 4 is 12.4 Å². The molecule has 0 amide bonds. The number of fused-ring (bicyclic) bond motifs is 5. The molecule has 202 valence electrons. The smallest absolute Gasteiger partial charge is 0.131 e. The second-order valence-electron chi connectivity index (χ2n) is 11.6. The van der Waals surface area contributed by atoms with Crippen LogP contribution in [0.25, 0.3) is 28.1 Å². The molecule has 4 atom stereocenters. The van der Waals surface area contributed by atoms with Crippen LogP contribution < -0.4 is 16.0 Å². The van der Waals surface area contributed by atoms with Crippen molar-refractivity contribution in [3.63, 3.8) is 0 Å². The van der Waals surface area contributed by atoms with Crippen LogP contribution in [0.2, 0.25) is 0 Å². The van der Waals surface area contributed by atoms with E-state index in [9.17, 15) is 0 Å². The molecule has 39 heavy (non-hydrogen) atoms. The first kappa shape index (κ1) is 24.7. The van der Waals surface area contributed by atoms with Crippen LogP contribution in [0.1, 0.15) is 85.3 Å². The summed E-state index contributed by atoms with van der Waals surface area (Å²) in [6, 6.07) is 10.7. The molecule has 3 unspecified atom stereocenters. The highest BCUT2D eigenvalue weighted by Crippen LogP contribution is 2.57. The van der Waals surface area contributed by atoms with Crippen molar-refractivity contribution in [2.75, 3.05) is 19.6 Å². The summed E-state index contributed by atoms with van der Waals surface area (Å²) < 4.78 is 15.8.